The highest BCUT2D eigenvalue weighted by Crippen LogP contribution is 2.40. The molecule has 1 fully saturated rings. The Morgan fingerprint density at radius 3 is 2.70 bits per heavy atom. The van der Waals surface area contributed by atoms with Crippen molar-refractivity contribution in [2.45, 2.75) is 44.8 Å². The number of fused-ring (bicyclic) bond motifs is 1. The first kappa shape index (κ1) is 17.9. The van der Waals surface area contributed by atoms with Crippen molar-refractivity contribution in [2.75, 3.05) is 18.9 Å². The number of nitrogen functional groups attached to an aromatic ring is 1. The van der Waals surface area contributed by atoms with Gasteiger partial charge in [-0.05, 0) is 44.9 Å². The molecule has 0 saturated carbocycles. The number of ether oxygens (including phenoxy) is 2. The molecule has 3 rings (SSSR count). The third-order valence-electron chi connectivity index (χ3n) is 4.40. The van der Waals surface area contributed by atoms with Crippen molar-refractivity contribution >= 4 is 24.0 Å². The summed E-state index contributed by atoms with van der Waals surface area (Å²) in [5.74, 6) is 0.964. The molecule has 0 bridgehead atoms. The lowest BCUT2D eigenvalue weighted by molar-refractivity contribution is -0.129. The summed E-state index contributed by atoms with van der Waals surface area (Å²) >= 11 is 0. The van der Waals surface area contributed by atoms with Crippen molar-refractivity contribution in [1.29, 1.82) is 0 Å². The average molecular weight is 341 g/mol. The van der Waals surface area contributed by atoms with E-state index in [0.29, 0.717) is 18.9 Å². The third kappa shape index (κ3) is 4.09. The predicted octanol–water partition coefficient (Wildman–Crippen LogP) is 2.84. The van der Waals surface area contributed by atoms with Crippen LogP contribution in [0.15, 0.2) is 18.2 Å². The van der Waals surface area contributed by atoms with Gasteiger partial charge in [0.05, 0.1) is 6.04 Å². The zero-order valence-corrected chi connectivity index (χ0v) is 14.4. The van der Waals surface area contributed by atoms with Gasteiger partial charge >= 0.3 is 0 Å². The van der Waals surface area contributed by atoms with Crippen LogP contribution in [0.4, 0.5) is 5.69 Å². The number of hydrogen-bond acceptors (Lipinski definition) is 4. The lowest BCUT2D eigenvalue weighted by atomic mass is 9.88. The zero-order chi connectivity index (χ0) is 15.7. The van der Waals surface area contributed by atoms with E-state index in [4.69, 9.17) is 15.2 Å². The molecule has 1 saturated heterocycles. The maximum absolute atomic E-state index is 12.5. The van der Waals surface area contributed by atoms with Crippen LogP contribution in [0, 0.1) is 5.92 Å². The molecule has 23 heavy (non-hydrogen) atoms. The largest absolute Gasteiger partial charge is 0.487 e. The number of hydrogen-bond donors (Lipinski definition) is 2. The fourth-order valence-corrected chi connectivity index (χ4v) is 3.25. The van der Waals surface area contributed by atoms with Gasteiger partial charge in [-0.2, -0.15) is 0 Å². The van der Waals surface area contributed by atoms with E-state index in [1.807, 2.05) is 32.0 Å². The van der Waals surface area contributed by atoms with E-state index >= 15 is 0 Å². The first-order chi connectivity index (χ1) is 10.4. The SMILES string of the molecule is CC1(C)CC(NC(=O)C2CCOCC2)c2cc(N)ccc2O1.Cl. The minimum Gasteiger partial charge on any atom is -0.487 e. The van der Waals surface area contributed by atoms with E-state index in [9.17, 15) is 4.79 Å². The Bertz CT molecular complexity index is 571. The second kappa shape index (κ2) is 6.97. The van der Waals surface area contributed by atoms with Gasteiger partial charge in [-0.25, -0.2) is 0 Å². The van der Waals surface area contributed by atoms with Crippen LogP contribution in [0.5, 0.6) is 5.75 Å². The van der Waals surface area contributed by atoms with Crippen molar-refractivity contribution in [3.05, 3.63) is 23.8 Å². The van der Waals surface area contributed by atoms with Crippen LogP contribution in [0.3, 0.4) is 0 Å². The lowest BCUT2D eigenvalue weighted by Gasteiger charge is -2.38. The van der Waals surface area contributed by atoms with Crippen LogP contribution in [-0.2, 0) is 9.53 Å². The molecule has 2 aliphatic rings. The highest BCUT2D eigenvalue weighted by atomic mass is 35.5. The second-order valence-corrected chi connectivity index (χ2v) is 6.81. The van der Waals surface area contributed by atoms with E-state index in [2.05, 4.69) is 5.32 Å². The summed E-state index contributed by atoms with van der Waals surface area (Å²) in [6, 6.07) is 5.56. The zero-order valence-electron chi connectivity index (χ0n) is 13.6. The third-order valence-corrected chi connectivity index (χ3v) is 4.40. The van der Waals surface area contributed by atoms with Gasteiger partial charge in [0, 0.05) is 36.8 Å². The number of anilines is 1. The molecule has 2 aliphatic heterocycles. The Balaban J connectivity index is 0.00000192. The molecular formula is C17H25ClN2O3. The summed E-state index contributed by atoms with van der Waals surface area (Å²) < 4.78 is 11.3. The van der Waals surface area contributed by atoms with E-state index in [1.54, 1.807) is 0 Å². The number of benzene rings is 1. The number of amides is 1. The number of nitrogens with one attached hydrogen (secondary N) is 1. The Labute approximate surface area is 143 Å². The molecule has 3 N–H and O–H groups in total. The minimum absolute atomic E-state index is 0. The fourth-order valence-electron chi connectivity index (χ4n) is 3.25. The van der Waals surface area contributed by atoms with Crippen molar-refractivity contribution < 1.29 is 14.3 Å². The van der Waals surface area contributed by atoms with Crippen LogP contribution in [0.25, 0.3) is 0 Å². The molecule has 6 heteroatoms. The summed E-state index contributed by atoms with van der Waals surface area (Å²) in [7, 11) is 0. The van der Waals surface area contributed by atoms with Crippen LogP contribution >= 0.6 is 12.4 Å². The van der Waals surface area contributed by atoms with Crippen molar-refractivity contribution in [2.24, 2.45) is 5.92 Å². The number of nitrogens with two attached hydrogens (primary N) is 1. The Morgan fingerprint density at radius 1 is 1.30 bits per heavy atom. The fraction of sp³-hybridized carbons (Fsp3) is 0.588. The molecule has 0 radical (unpaired) electrons. The highest BCUT2D eigenvalue weighted by Gasteiger charge is 2.35. The second-order valence-electron chi connectivity index (χ2n) is 6.81. The standard InChI is InChI=1S/C17H24N2O3.ClH/c1-17(2)10-14(13-9-12(18)3-4-15(13)22-17)19-16(20)11-5-7-21-8-6-11;/h3-4,9,11,14H,5-8,10,18H2,1-2H3,(H,19,20);1H. The minimum atomic E-state index is -0.309. The van der Waals surface area contributed by atoms with Gasteiger partial charge in [-0.3, -0.25) is 4.79 Å². The summed E-state index contributed by atoms with van der Waals surface area (Å²) in [4.78, 5) is 12.5. The first-order valence-electron chi connectivity index (χ1n) is 7.91. The monoisotopic (exact) mass is 340 g/mol. The van der Waals surface area contributed by atoms with E-state index in [1.165, 1.54) is 0 Å². The summed E-state index contributed by atoms with van der Waals surface area (Å²) in [5, 5.41) is 3.20. The van der Waals surface area contributed by atoms with E-state index < -0.39 is 0 Å². The van der Waals surface area contributed by atoms with Crippen LogP contribution in [-0.4, -0.2) is 24.7 Å². The molecule has 1 aromatic rings. The van der Waals surface area contributed by atoms with Gasteiger partial charge in [0.15, 0.2) is 0 Å². The molecule has 128 valence electrons. The van der Waals surface area contributed by atoms with Crippen molar-refractivity contribution in [1.82, 2.24) is 5.32 Å². The first-order valence-corrected chi connectivity index (χ1v) is 7.91. The summed E-state index contributed by atoms with van der Waals surface area (Å²) in [6.45, 7) is 5.42. The van der Waals surface area contributed by atoms with Gasteiger partial charge in [0.1, 0.15) is 11.4 Å². The Morgan fingerprint density at radius 2 is 2.00 bits per heavy atom. The molecule has 0 aromatic heterocycles. The maximum atomic E-state index is 12.5. The molecule has 1 aromatic carbocycles. The van der Waals surface area contributed by atoms with E-state index in [0.717, 1.165) is 30.6 Å². The van der Waals surface area contributed by atoms with E-state index in [-0.39, 0.29) is 35.9 Å². The van der Waals surface area contributed by atoms with Crippen molar-refractivity contribution in [3.8, 4) is 5.75 Å². The molecule has 1 atom stereocenters. The number of rotatable bonds is 2. The number of halogens is 1. The van der Waals surface area contributed by atoms with Gasteiger partial charge in [-0.15, -0.1) is 12.4 Å². The van der Waals surface area contributed by atoms with Gasteiger partial charge in [0.25, 0.3) is 0 Å². The quantitative estimate of drug-likeness (QED) is 0.812. The van der Waals surface area contributed by atoms with Crippen LogP contribution < -0.4 is 15.8 Å². The Hall–Kier alpha value is -1.46. The normalized spacial score (nSPS) is 23.1. The molecule has 1 unspecified atom stereocenters. The average Bonchev–Trinajstić information content (AvgIpc) is 2.48. The molecule has 0 spiro atoms. The van der Waals surface area contributed by atoms with Gasteiger partial charge in [0.2, 0.25) is 5.91 Å². The van der Waals surface area contributed by atoms with Crippen LogP contribution in [0.2, 0.25) is 0 Å². The smallest absolute Gasteiger partial charge is 0.223 e. The highest BCUT2D eigenvalue weighted by molar-refractivity contribution is 5.85. The molecular weight excluding hydrogens is 316 g/mol. The number of carbonyl (C=O) groups excluding carboxylic acids is 1. The van der Waals surface area contributed by atoms with Gasteiger partial charge < -0.3 is 20.5 Å². The molecule has 5 nitrogen and oxygen atoms in total. The summed E-state index contributed by atoms with van der Waals surface area (Å²) in [6.07, 6.45) is 2.32. The van der Waals surface area contributed by atoms with Crippen LogP contribution in [0.1, 0.15) is 44.7 Å². The Kier molecular flexibility index (Phi) is 5.42. The topological polar surface area (TPSA) is 73.6 Å². The lowest BCUT2D eigenvalue weighted by Crippen LogP contribution is -2.43. The van der Waals surface area contributed by atoms with Gasteiger partial charge in [-0.1, -0.05) is 0 Å². The molecule has 1 amide bonds. The van der Waals surface area contributed by atoms with Crippen molar-refractivity contribution in [3.63, 3.8) is 0 Å². The number of carbonyl (C=O) groups is 1. The molecule has 2 heterocycles. The molecule has 0 aliphatic carbocycles. The summed E-state index contributed by atoms with van der Waals surface area (Å²) in [5.41, 5.74) is 7.25. The predicted molar refractivity (Wildman–Crippen MR) is 91.9 cm³/mol. The maximum Gasteiger partial charge on any atom is 0.223 e.